The van der Waals surface area contributed by atoms with E-state index in [0.717, 1.165) is 0 Å². The minimum atomic E-state index is -3.64. The Balaban J connectivity index is 2.06. The maximum Gasteiger partial charge on any atom is 0.240 e. The zero-order chi connectivity index (χ0) is 14.6. The summed E-state index contributed by atoms with van der Waals surface area (Å²) in [5, 5.41) is 16.8. The van der Waals surface area contributed by atoms with Gasteiger partial charge in [0.15, 0.2) is 0 Å². The quantitative estimate of drug-likeness (QED) is 0.804. The SMILES string of the molecule is O=S(=O)(NCCn1ccnn1)c1ccc(Cl)c(CO)c1. The summed E-state index contributed by atoms with van der Waals surface area (Å²) < 4.78 is 28.1. The highest BCUT2D eigenvalue weighted by molar-refractivity contribution is 7.89. The van der Waals surface area contributed by atoms with E-state index < -0.39 is 10.0 Å². The van der Waals surface area contributed by atoms with E-state index in [1.54, 1.807) is 6.20 Å². The summed E-state index contributed by atoms with van der Waals surface area (Å²) in [7, 11) is -3.64. The molecule has 0 saturated carbocycles. The number of nitrogens with zero attached hydrogens (tertiary/aromatic N) is 3. The van der Waals surface area contributed by atoms with Crippen LogP contribution < -0.4 is 4.72 Å². The van der Waals surface area contributed by atoms with Gasteiger partial charge in [-0.2, -0.15) is 0 Å². The highest BCUT2D eigenvalue weighted by atomic mass is 35.5. The van der Waals surface area contributed by atoms with Crippen LogP contribution in [0.3, 0.4) is 0 Å². The lowest BCUT2D eigenvalue weighted by Gasteiger charge is -2.08. The molecule has 0 spiro atoms. The van der Waals surface area contributed by atoms with Gasteiger partial charge in [-0.15, -0.1) is 5.10 Å². The maximum absolute atomic E-state index is 12.1. The Kier molecular flexibility index (Phi) is 4.71. The van der Waals surface area contributed by atoms with Crippen molar-refractivity contribution in [3.05, 3.63) is 41.2 Å². The molecule has 0 atom stereocenters. The van der Waals surface area contributed by atoms with Gasteiger partial charge in [-0.3, -0.25) is 4.68 Å². The standard InChI is InChI=1S/C11H13ClN4O3S/c12-11-2-1-10(7-9(11)8-17)20(18,19)14-4-6-16-5-3-13-15-16/h1-3,5,7,14,17H,4,6,8H2. The lowest BCUT2D eigenvalue weighted by molar-refractivity contribution is 0.281. The van der Waals surface area contributed by atoms with Gasteiger partial charge in [-0.05, 0) is 23.8 Å². The summed E-state index contributed by atoms with van der Waals surface area (Å²) in [5.74, 6) is 0. The topological polar surface area (TPSA) is 97.1 Å². The van der Waals surface area contributed by atoms with Crippen LogP contribution in [0.25, 0.3) is 0 Å². The van der Waals surface area contributed by atoms with Crippen molar-refractivity contribution < 1.29 is 13.5 Å². The molecule has 108 valence electrons. The second-order valence-corrected chi connectivity index (χ2v) is 6.15. The predicted octanol–water partition coefficient (Wildman–Crippen LogP) is 0.402. The van der Waals surface area contributed by atoms with E-state index in [1.165, 1.54) is 29.1 Å². The van der Waals surface area contributed by atoms with Crippen LogP contribution in [0.15, 0.2) is 35.5 Å². The average Bonchev–Trinajstić information content (AvgIpc) is 2.92. The number of sulfonamides is 1. The predicted molar refractivity (Wildman–Crippen MR) is 72.6 cm³/mol. The smallest absolute Gasteiger partial charge is 0.240 e. The molecule has 20 heavy (non-hydrogen) atoms. The first-order chi connectivity index (χ1) is 9.53. The molecule has 0 aliphatic heterocycles. The second-order valence-electron chi connectivity index (χ2n) is 3.98. The van der Waals surface area contributed by atoms with Gasteiger partial charge in [0.05, 0.1) is 24.2 Å². The number of aliphatic hydroxyl groups excluding tert-OH is 1. The number of nitrogens with one attached hydrogen (secondary N) is 1. The molecule has 0 unspecified atom stereocenters. The van der Waals surface area contributed by atoms with Crippen molar-refractivity contribution in [1.82, 2.24) is 19.7 Å². The fourth-order valence-corrected chi connectivity index (χ4v) is 2.82. The zero-order valence-corrected chi connectivity index (χ0v) is 12.0. The molecular formula is C11H13ClN4O3S. The number of aliphatic hydroxyl groups is 1. The minimum absolute atomic E-state index is 0.0598. The third kappa shape index (κ3) is 3.54. The van der Waals surface area contributed by atoms with Crippen LogP contribution in [0, 0.1) is 0 Å². The third-order valence-corrected chi connectivity index (χ3v) is 4.43. The highest BCUT2D eigenvalue weighted by Gasteiger charge is 2.15. The molecule has 0 fully saturated rings. The van der Waals surface area contributed by atoms with Gasteiger partial charge in [0.2, 0.25) is 10.0 Å². The van der Waals surface area contributed by atoms with Crippen LogP contribution in [0.5, 0.6) is 0 Å². The van der Waals surface area contributed by atoms with E-state index >= 15 is 0 Å². The van der Waals surface area contributed by atoms with Crippen LogP contribution in [0.2, 0.25) is 5.02 Å². The Morgan fingerprint density at radius 2 is 2.20 bits per heavy atom. The van der Waals surface area contributed by atoms with Crippen LogP contribution in [0.4, 0.5) is 0 Å². The van der Waals surface area contributed by atoms with E-state index in [-0.39, 0.29) is 18.0 Å². The van der Waals surface area contributed by atoms with Crippen molar-refractivity contribution in [2.24, 2.45) is 0 Å². The van der Waals surface area contributed by atoms with Crippen molar-refractivity contribution in [3.63, 3.8) is 0 Å². The van der Waals surface area contributed by atoms with E-state index in [0.29, 0.717) is 17.1 Å². The molecule has 0 radical (unpaired) electrons. The number of hydrogen-bond acceptors (Lipinski definition) is 5. The third-order valence-electron chi connectivity index (χ3n) is 2.60. The van der Waals surface area contributed by atoms with Gasteiger partial charge in [0.1, 0.15) is 0 Å². The summed E-state index contributed by atoms with van der Waals surface area (Å²) >= 11 is 5.82. The number of rotatable bonds is 6. The van der Waals surface area contributed by atoms with Gasteiger partial charge < -0.3 is 5.11 Å². The highest BCUT2D eigenvalue weighted by Crippen LogP contribution is 2.20. The number of aromatic nitrogens is 3. The van der Waals surface area contributed by atoms with Crippen molar-refractivity contribution >= 4 is 21.6 Å². The molecule has 2 aromatic rings. The van der Waals surface area contributed by atoms with Crippen LogP contribution >= 0.6 is 11.6 Å². The van der Waals surface area contributed by atoms with Gasteiger partial charge in [0, 0.05) is 17.8 Å². The fourth-order valence-electron chi connectivity index (χ4n) is 1.57. The van der Waals surface area contributed by atoms with E-state index in [4.69, 9.17) is 16.7 Å². The first kappa shape index (κ1) is 14.9. The molecule has 1 heterocycles. The molecule has 0 saturated heterocycles. The molecule has 2 rings (SSSR count). The van der Waals surface area contributed by atoms with Gasteiger partial charge >= 0.3 is 0 Å². The average molecular weight is 317 g/mol. The van der Waals surface area contributed by atoms with Gasteiger partial charge in [-0.25, -0.2) is 13.1 Å². The van der Waals surface area contributed by atoms with Crippen LogP contribution in [-0.4, -0.2) is 35.1 Å². The molecule has 2 N–H and O–H groups in total. The molecule has 0 aliphatic carbocycles. The lowest BCUT2D eigenvalue weighted by Crippen LogP contribution is -2.27. The number of halogens is 1. The second kappa shape index (κ2) is 6.31. The Bertz CT molecular complexity index is 673. The van der Waals surface area contributed by atoms with E-state index in [1.807, 2.05) is 0 Å². The molecule has 0 aliphatic rings. The molecule has 0 amide bonds. The molecule has 1 aromatic heterocycles. The molecule has 0 bridgehead atoms. The molecule has 1 aromatic carbocycles. The first-order valence-electron chi connectivity index (χ1n) is 5.76. The van der Waals surface area contributed by atoms with Crippen molar-refractivity contribution in [2.75, 3.05) is 6.54 Å². The maximum atomic E-state index is 12.1. The van der Waals surface area contributed by atoms with E-state index in [9.17, 15) is 8.42 Å². The molecule has 9 heteroatoms. The zero-order valence-electron chi connectivity index (χ0n) is 10.4. The summed E-state index contributed by atoms with van der Waals surface area (Å²) in [5.41, 5.74) is 0.366. The Hall–Kier alpha value is -1.48. The molecule has 7 nitrogen and oxygen atoms in total. The van der Waals surface area contributed by atoms with Crippen LogP contribution in [0.1, 0.15) is 5.56 Å². The summed E-state index contributed by atoms with van der Waals surface area (Å²) in [6, 6.07) is 4.18. The minimum Gasteiger partial charge on any atom is -0.392 e. The fraction of sp³-hybridized carbons (Fsp3) is 0.273. The van der Waals surface area contributed by atoms with Crippen molar-refractivity contribution in [3.8, 4) is 0 Å². The largest absolute Gasteiger partial charge is 0.392 e. The summed E-state index contributed by atoms with van der Waals surface area (Å²) in [6.45, 7) is 0.240. The first-order valence-corrected chi connectivity index (χ1v) is 7.62. The summed E-state index contributed by atoms with van der Waals surface area (Å²) in [4.78, 5) is 0.0598. The molecular weight excluding hydrogens is 304 g/mol. The monoisotopic (exact) mass is 316 g/mol. The Morgan fingerprint density at radius 1 is 1.40 bits per heavy atom. The summed E-state index contributed by atoms with van der Waals surface area (Å²) in [6.07, 6.45) is 3.15. The number of benzene rings is 1. The van der Waals surface area contributed by atoms with Crippen LogP contribution in [-0.2, 0) is 23.2 Å². The Morgan fingerprint density at radius 3 is 2.85 bits per heavy atom. The van der Waals surface area contributed by atoms with E-state index in [2.05, 4.69) is 15.0 Å². The Labute approximate surface area is 121 Å². The van der Waals surface area contributed by atoms with Gasteiger partial charge in [0.25, 0.3) is 0 Å². The lowest BCUT2D eigenvalue weighted by atomic mass is 10.2. The van der Waals surface area contributed by atoms with Gasteiger partial charge in [-0.1, -0.05) is 16.8 Å². The number of hydrogen-bond donors (Lipinski definition) is 2. The van der Waals surface area contributed by atoms with Crippen molar-refractivity contribution in [2.45, 2.75) is 18.0 Å². The van der Waals surface area contributed by atoms with Crippen molar-refractivity contribution in [1.29, 1.82) is 0 Å². The normalized spacial score (nSPS) is 11.7.